The SMILES string of the molecule is CCC(C)(C)[C@H]1CCc2c(sc(NC(=O)[C@H]3C[C@@H]4CC[C@@H]3C4)c2C#N)C1. The largest absolute Gasteiger partial charge is 0.316 e. The molecule has 1 heterocycles. The van der Waals surface area contributed by atoms with Gasteiger partial charge in [0, 0.05) is 10.8 Å². The maximum atomic E-state index is 12.8. The van der Waals surface area contributed by atoms with E-state index in [0.29, 0.717) is 17.3 Å². The Morgan fingerprint density at radius 2 is 2.12 bits per heavy atom. The number of carbonyl (C=O) groups is 1. The smallest absolute Gasteiger partial charge is 0.228 e. The van der Waals surface area contributed by atoms with Crippen molar-refractivity contribution in [2.75, 3.05) is 5.32 Å². The Balaban J connectivity index is 1.53. The Kier molecular flexibility index (Phi) is 4.63. The normalized spacial score (nSPS) is 30.1. The van der Waals surface area contributed by atoms with Gasteiger partial charge in [0.15, 0.2) is 0 Å². The second-order valence-corrected chi connectivity index (χ2v) is 10.5. The van der Waals surface area contributed by atoms with Gasteiger partial charge >= 0.3 is 0 Å². The van der Waals surface area contributed by atoms with Crippen molar-refractivity contribution in [3.05, 3.63) is 16.0 Å². The van der Waals surface area contributed by atoms with Gasteiger partial charge in [0.25, 0.3) is 0 Å². The summed E-state index contributed by atoms with van der Waals surface area (Å²) in [5, 5.41) is 13.7. The molecule has 0 saturated heterocycles. The van der Waals surface area contributed by atoms with E-state index >= 15 is 0 Å². The summed E-state index contributed by atoms with van der Waals surface area (Å²) in [5.74, 6) is 2.35. The third-order valence-corrected chi connectivity index (χ3v) is 8.87. The molecule has 3 nitrogen and oxygen atoms in total. The van der Waals surface area contributed by atoms with E-state index in [9.17, 15) is 10.1 Å². The molecule has 0 spiro atoms. The topological polar surface area (TPSA) is 52.9 Å². The van der Waals surface area contributed by atoms with Crippen LogP contribution >= 0.6 is 11.3 Å². The predicted molar refractivity (Wildman–Crippen MR) is 106 cm³/mol. The molecule has 3 aliphatic rings. The second kappa shape index (κ2) is 6.68. The van der Waals surface area contributed by atoms with Gasteiger partial charge in [-0.1, -0.05) is 33.6 Å². The van der Waals surface area contributed by atoms with Crippen molar-refractivity contribution in [1.82, 2.24) is 0 Å². The third-order valence-electron chi connectivity index (χ3n) is 7.71. The summed E-state index contributed by atoms with van der Waals surface area (Å²) in [5.41, 5.74) is 2.29. The highest BCUT2D eigenvalue weighted by atomic mass is 32.1. The summed E-state index contributed by atoms with van der Waals surface area (Å²) < 4.78 is 0. The number of amides is 1. The summed E-state index contributed by atoms with van der Waals surface area (Å²) in [4.78, 5) is 14.2. The lowest BCUT2D eigenvalue weighted by atomic mass is 9.69. The van der Waals surface area contributed by atoms with E-state index in [0.717, 1.165) is 42.2 Å². The molecule has 2 fully saturated rings. The molecule has 0 aromatic carbocycles. The van der Waals surface area contributed by atoms with Crippen molar-refractivity contribution in [2.24, 2.45) is 29.1 Å². The molecule has 4 atom stereocenters. The number of hydrogen-bond acceptors (Lipinski definition) is 3. The van der Waals surface area contributed by atoms with Gasteiger partial charge in [-0.3, -0.25) is 4.79 Å². The summed E-state index contributed by atoms with van der Waals surface area (Å²) >= 11 is 1.67. The van der Waals surface area contributed by atoms with Crippen LogP contribution in [-0.4, -0.2) is 5.91 Å². The Morgan fingerprint density at radius 1 is 1.31 bits per heavy atom. The van der Waals surface area contributed by atoms with Crippen molar-refractivity contribution in [1.29, 1.82) is 5.26 Å². The van der Waals surface area contributed by atoms with Crippen LogP contribution < -0.4 is 5.32 Å². The van der Waals surface area contributed by atoms with Crippen LogP contribution in [0, 0.1) is 40.4 Å². The molecule has 4 heteroatoms. The minimum atomic E-state index is 0.165. The Morgan fingerprint density at radius 3 is 2.73 bits per heavy atom. The van der Waals surface area contributed by atoms with Gasteiger partial charge in [-0.05, 0) is 67.3 Å². The zero-order valence-electron chi connectivity index (χ0n) is 16.2. The molecule has 4 rings (SSSR count). The highest BCUT2D eigenvalue weighted by molar-refractivity contribution is 7.16. The maximum Gasteiger partial charge on any atom is 0.228 e. The fourth-order valence-corrected chi connectivity index (χ4v) is 6.80. The molecule has 1 N–H and O–H groups in total. The second-order valence-electron chi connectivity index (χ2n) is 9.37. The minimum absolute atomic E-state index is 0.165. The van der Waals surface area contributed by atoms with Gasteiger partial charge < -0.3 is 5.32 Å². The molecule has 0 aliphatic heterocycles. The molecule has 2 bridgehead atoms. The fourth-order valence-electron chi connectivity index (χ4n) is 5.52. The fraction of sp³-hybridized carbons (Fsp3) is 0.727. The molecule has 26 heavy (non-hydrogen) atoms. The van der Waals surface area contributed by atoms with Crippen molar-refractivity contribution < 1.29 is 4.79 Å². The number of nitriles is 1. The van der Waals surface area contributed by atoms with Crippen molar-refractivity contribution in [3.63, 3.8) is 0 Å². The highest BCUT2D eigenvalue weighted by Gasteiger charge is 2.43. The first-order valence-corrected chi connectivity index (χ1v) is 11.1. The van der Waals surface area contributed by atoms with Crippen LogP contribution in [-0.2, 0) is 17.6 Å². The van der Waals surface area contributed by atoms with Crippen LogP contribution in [0.5, 0.6) is 0 Å². The van der Waals surface area contributed by atoms with Crippen molar-refractivity contribution >= 4 is 22.2 Å². The first-order valence-electron chi connectivity index (χ1n) is 10.3. The van der Waals surface area contributed by atoms with Gasteiger partial charge in [0.2, 0.25) is 5.91 Å². The zero-order valence-corrected chi connectivity index (χ0v) is 17.0. The Labute approximate surface area is 161 Å². The summed E-state index contributed by atoms with van der Waals surface area (Å²) in [7, 11) is 0. The summed E-state index contributed by atoms with van der Waals surface area (Å²) in [6.07, 6.45) is 9.17. The third kappa shape index (κ3) is 2.99. The lowest BCUT2D eigenvalue weighted by Crippen LogP contribution is -2.28. The lowest BCUT2D eigenvalue weighted by molar-refractivity contribution is -0.121. The van der Waals surface area contributed by atoms with Crippen LogP contribution in [0.1, 0.15) is 75.3 Å². The predicted octanol–water partition coefficient (Wildman–Crippen LogP) is 5.54. The van der Waals surface area contributed by atoms with Crippen molar-refractivity contribution in [2.45, 2.75) is 72.1 Å². The van der Waals surface area contributed by atoms with Crippen molar-refractivity contribution in [3.8, 4) is 6.07 Å². The Hall–Kier alpha value is -1.34. The summed E-state index contributed by atoms with van der Waals surface area (Å²) in [6.45, 7) is 6.99. The molecular weight excluding hydrogens is 340 g/mol. The monoisotopic (exact) mass is 370 g/mol. The molecule has 3 aliphatic carbocycles. The average molecular weight is 371 g/mol. The molecular formula is C22H30N2OS. The number of carbonyl (C=O) groups excluding carboxylic acids is 1. The standard InChI is InChI=1S/C22H30N2OS/c1-4-22(2,3)15-7-8-16-18(12-23)21(26-19(16)11-15)24-20(25)17-10-13-5-6-14(17)9-13/h13-15,17H,4-11H2,1-3H3,(H,24,25)/t13-,14-,15+,17+/m1/s1. The molecule has 0 radical (unpaired) electrons. The maximum absolute atomic E-state index is 12.8. The number of thiophene rings is 1. The minimum Gasteiger partial charge on any atom is -0.316 e. The van der Waals surface area contributed by atoms with Crippen LogP contribution in [0.15, 0.2) is 0 Å². The van der Waals surface area contributed by atoms with Crippen LogP contribution in [0.4, 0.5) is 5.00 Å². The lowest BCUT2D eigenvalue weighted by Gasteiger charge is -2.36. The van der Waals surface area contributed by atoms with Gasteiger partial charge in [0.1, 0.15) is 11.1 Å². The molecule has 1 amide bonds. The van der Waals surface area contributed by atoms with E-state index in [1.165, 1.54) is 36.1 Å². The summed E-state index contributed by atoms with van der Waals surface area (Å²) in [6, 6.07) is 2.40. The van der Waals surface area contributed by atoms with E-state index in [-0.39, 0.29) is 11.8 Å². The molecule has 0 unspecified atom stereocenters. The van der Waals surface area contributed by atoms with Gasteiger partial charge in [0.05, 0.1) is 5.56 Å². The van der Waals surface area contributed by atoms with Crippen LogP contribution in [0.25, 0.3) is 0 Å². The average Bonchev–Trinajstić information content (AvgIpc) is 3.34. The molecule has 140 valence electrons. The molecule has 2 saturated carbocycles. The van der Waals surface area contributed by atoms with E-state index in [4.69, 9.17) is 0 Å². The van der Waals surface area contributed by atoms with E-state index in [2.05, 4.69) is 32.2 Å². The van der Waals surface area contributed by atoms with E-state index in [1.807, 2.05) is 0 Å². The number of nitrogens with one attached hydrogen (secondary N) is 1. The van der Waals surface area contributed by atoms with Crippen LogP contribution in [0.2, 0.25) is 0 Å². The van der Waals surface area contributed by atoms with Gasteiger partial charge in [-0.2, -0.15) is 5.26 Å². The van der Waals surface area contributed by atoms with E-state index < -0.39 is 0 Å². The quantitative estimate of drug-likeness (QED) is 0.757. The van der Waals surface area contributed by atoms with E-state index in [1.54, 1.807) is 11.3 Å². The number of fused-ring (bicyclic) bond motifs is 3. The highest BCUT2D eigenvalue weighted by Crippen LogP contribution is 2.49. The zero-order chi connectivity index (χ0) is 18.5. The van der Waals surface area contributed by atoms with Crippen LogP contribution in [0.3, 0.4) is 0 Å². The molecule has 1 aromatic rings. The first kappa shape index (κ1) is 18.0. The van der Waals surface area contributed by atoms with Gasteiger partial charge in [-0.25, -0.2) is 0 Å². The Bertz CT molecular complexity index is 757. The number of rotatable bonds is 4. The number of hydrogen-bond donors (Lipinski definition) is 1. The van der Waals surface area contributed by atoms with Gasteiger partial charge in [-0.15, -0.1) is 11.3 Å². The first-order chi connectivity index (χ1) is 12.4. The number of anilines is 1. The molecule has 1 aromatic heterocycles. The number of nitrogens with zero attached hydrogens (tertiary/aromatic N) is 1.